The van der Waals surface area contributed by atoms with Gasteiger partial charge in [0.05, 0.1) is 5.25 Å². The molecule has 142 valence electrons. The summed E-state index contributed by atoms with van der Waals surface area (Å²) in [6.45, 7) is 8.73. The molecule has 0 aromatic heterocycles. The number of carbonyl (C=O) groups is 3. The molecule has 0 radical (unpaired) electrons. The van der Waals surface area contributed by atoms with Crippen LogP contribution in [0.2, 0.25) is 0 Å². The molecular weight excluding hydrogens is 336 g/mol. The second kappa shape index (κ2) is 9.06. The Bertz CT molecular complexity index is 501. The van der Waals surface area contributed by atoms with E-state index >= 15 is 0 Å². The van der Waals surface area contributed by atoms with Crippen LogP contribution < -0.4 is 5.32 Å². The van der Waals surface area contributed by atoms with E-state index in [0.717, 1.165) is 32.1 Å². The maximum atomic E-state index is 12.5. The van der Waals surface area contributed by atoms with Crippen LogP contribution in [0.3, 0.4) is 0 Å². The molecule has 1 saturated carbocycles. The van der Waals surface area contributed by atoms with Gasteiger partial charge in [-0.15, -0.1) is 11.8 Å². The molecule has 1 heterocycles. The van der Waals surface area contributed by atoms with Gasteiger partial charge in [-0.25, -0.2) is 0 Å². The highest BCUT2D eigenvalue weighted by molar-refractivity contribution is 8.01. The smallest absolute Gasteiger partial charge is 0.242 e. The molecule has 2 unspecified atom stereocenters. The first kappa shape index (κ1) is 20.3. The predicted octanol–water partition coefficient (Wildman–Crippen LogP) is 2.98. The summed E-state index contributed by atoms with van der Waals surface area (Å²) in [5, 5.41) is 3.21. The first-order chi connectivity index (χ1) is 11.8. The minimum atomic E-state index is -0.204. The Morgan fingerprint density at radius 2 is 1.84 bits per heavy atom. The first-order valence-electron chi connectivity index (χ1n) is 9.61. The molecule has 2 rings (SSSR count). The van der Waals surface area contributed by atoms with Crippen molar-refractivity contribution in [3.8, 4) is 0 Å². The van der Waals surface area contributed by atoms with Gasteiger partial charge >= 0.3 is 0 Å². The molecule has 0 spiro atoms. The third kappa shape index (κ3) is 5.47. The Balaban J connectivity index is 1.81. The Labute approximate surface area is 155 Å². The third-order valence-electron chi connectivity index (χ3n) is 5.30. The molecule has 2 fully saturated rings. The maximum absolute atomic E-state index is 12.5. The lowest BCUT2D eigenvalue weighted by Gasteiger charge is -2.30. The molecule has 25 heavy (non-hydrogen) atoms. The van der Waals surface area contributed by atoms with Gasteiger partial charge < -0.3 is 5.32 Å². The van der Waals surface area contributed by atoms with Crippen molar-refractivity contribution in [1.82, 2.24) is 10.2 Å². The largest absolute Gasteiger partial charge is 0.353 e. The van der Waals surface area contributed by atoms with E-state index in [2.05, 4.69) is 26.1 Å². The Morgan fingerprint density at radius 3 is 2.40 bits per heavy atom. The van der Waals surface area contributed by atoms with Gasteiger partial charge in [0.1, 0.15) is 0 Å². The van der Waals surface area contributed by atoms with Crippen LogP contribution in [0, 0.1) is 11.8 Å². The number of hydrogen-bond donors (Lipinski definition) is 1. The fraction of sp³-hybridized carbons (Fsp3) is 0.842. The fourth-order valence-electron chi connectivity index (χ4n) is 3.61. The highest BCUT2D eigenvalue weighted by atomic mass is 32.2. The zero-order valence-electron chi connectivity index (χ0n) is 15.9. The van der Waals surface area contributed by atoms with Gasteiger partial charge in [0, 0.05) is 24.9 Å². The number of imide groups is 1. The maximum Gasteiger partial charge on any atom is 0.242 e. The van der Waals surface area contributed by atoms with E-state index < -0.39 is 0 Å². The molecule has 2 atom stereocenters. The average molecular weight is 369 g/mol. The Morgan fingerprint density at radius 1 is 1.20 bits per heavy atom. The van der Waals surface area contributed by atoms with Crippen LogP contribution >= 0.6 is 11.8 Å². The van der Waals surface area contributed by atoms with Crippen molar-refractivity contribution in [3.63, 3.8) is 0 Å². The van der Waals surface area contributed by atoms with Crippen molar-refractivity contribution >= 4 is 29.5 Å². The van der Waals surface area contributed by atoms with Crippen LogP contribution in [0.15, 0.2) is 0 Å². The minimum Gasteiger partial charge on any atom is -0.353 e. The summed E-state index contributed by atoms with van der Waals surface area (Å²) in [5.74, 6) is 0.539. The lowest BCUT2D eigenvalue weighted by atomic mass is 9.81. The molecule has 1 aliphatic carbocycles. The van der Waals surface area contributed by atoms with Gasteiger partial charge in [0.2, 0.25) is 17.7 Å². The third-order valence-corrected chi connectivity index (χ3v) is 6.54. The molecule has 2 aliphatic rings. The normalized spacial score (nSPS) is 28.5. The molecule has 0 aromatic carbocycles. The zero-order chi connectivity index (χ0) is 18.6. The molecule has 0 bridgehead atoms. The van der Waals surface area contributed by atoms with E-state index in [1.165, 1.54) is 4.90 Å². The fourth-order valence-corrected chi connectivity index (χ4v) is 4.75. The molecule has 1 N–H and O–H groups in total. The van der Waals surface area contributed by atoms with Crippen LogP contribution in [0.4, 0.5) is 0 Å². The molecule has 6 heteroatoms. The van der Waals surface area contributed by atoms with Crippen molar-refractivity contribution in [2.45, 2.75) is 82.8 Å². The number of carbonyl (C=O) groups excluding carboxylic acids is 3. The number of rotatable bonds is 7. The van der Waals surface area contributed by atoms with Crippen molar-refractivity contribution in [1.29, 1.82) is 0 Å². The summed E-state index contributed by atoms with van der Waals surface area (Å²) < 4.78 is 0. The van der Waals surface area contributed by atoms with Crippen molar-refractivity contribution < 1.29 is 14.4 Å². The van der Waals surface area contributed by atoms with Gasteiger partial charge in [-0.3, -0.25) is 19.3 Å². The molecule has 3 amide bonds. The van der Waals surface area contributed by atoms with E-state index in [1.54, 1.807) is 11.8 Å². The van der Waals surface area contributed by atoms with Gasteiger partial charge in [0.25, 0.3) is 0 Å². The highest BCUT2D eigenvalue weighted by Crippen LogP contribution is 2.33. The monoisotopic (exact) mass is 368 g/mol. The molecule has 1 saturated heterocycles. The second-order valence-electron chi connectivity index (χ2n) is 7.76. The van der Waals surface area contributed by atoms with Crippen LogP contribution in [0.25, 0.3) is 0 Å². The SMILES string of the molecule is CCC(C)NC(=O)C1CCC(CN2C(=O)CC(SC(C)C)C2=O)CC1. The number of nitrogens with one attached hydrogen (secondary N) is 1. The molecular formula is C19H32N2O3S. The predicted molar refractivity (Wildman–Crippen MR) is 101 cm³/mol. The summed E-state index contributed by atoms with van der Waals surface area (Å²) in [4.78, 5) is 38.4. The minimum absolute atomic E-state index is 0.0136. The van der Waals surface area contributed by atoms with E-state index in [1.807, 2.05) is 6.92 Å². The quantitative estimate of drug-likeness (QED) is 0.702. The zero-order valence-corrected chi connectivity index (χ0v) is 16.7. The summed E-state index contributed by atoms with van der Waals surface area (Å²) in [7, 11) is 0. The summed E-state index contributed by atoms with van der Waals surface area (Å²) >= 11 is 1.59. The average Bonchev–Trinajstić information content (AvgIpc) is 2.82. The molecule has 0 aromatic rings. The number of likely N-dealkylation sites (tertiary alicyclic amines) is 1. The topological polar surface area (TPSA) is 66.5 Å². The molecule has 1 aliphatic heterocycles. The lowest BCUT2D eigenvalue weighted by Crippen LogP contribution is -2.40. The first-order valence-corrected chi connectivity index (χ1v) is 10.6. The van der Waals surface area contributed by atoms with Crippen LogP contribution in [0.5, 0.6) is 0 Å². The summed E-state index contributed by atoms with van der Waals surface area (Å²) in [6, 6.07) is 0.223. The van der Waals surface area contributed by atoms with Crippen LogP contribution in [-0.4, -0.2) is 45.7 Å². The summed E-state index contributed by atoms with van der Waals surface area (Å²) in [6.07, 6.45) is 4.82. The number of hydrogen-bond acceptors (Lipinski definition) is 4. The van der Waals surface area contributed by atoms with Crippen molar-refractivity contribution in [3.05, 3.63) is 0 Å². The van der Waals surface area contributed by atoms with Crippen molar-refractivity contribution in [2.75, 3.05) is 6.54 Å². The van der Waals surface area contributed by atoms with Crippen molar-refractivity contribution in [2.24, 2.45) is 11.8 Å². The van der Waals surface area contributed by atoms with Crippen LogP contribution in [-0.2, 0) is 14.4 Å². The Hall–Kier alpha value is -1.04. The molecule has 5 nitrogen and oxygen atoms in total. The van der Waals surface area contributed by atoms with E-state index in [4.69, 9.17) is 0 Å². The van der Waals surface area contributed by atoms with E-state index in [9.17, 15) is 14.4 Å². The van der Waals surface area contributed by atoms with Crippen LogP contribution in [0.1, 0.15) is 66.2 Å². The summed E-state index contributed by atoms with van der Waals surface area (Å²) in [5.41, 5.74) is 0. The standard InChI is InChI=1S/C19H32N2O3S/c1-5-13(4)20-18(23)15-8-6-14(7-9-15)11-21-17(22)10-16(19(21)24)25-12(2)3/h12-16H,5-11H2,1-4H3,(H,20,23). The number of amides is 3. The number of nitrogens with zero attached hydrogens (tertiary/aromatic N) is 1. The van der Waals surface area contributed by atoms with E-state index in [-0.39, 0.29) is 34.9 Å². The number of thioether (sulfide) groups is 1. The van der Waals surface area contributed by atoms with Gasteiger partial charge in [-0.1, -0.05) is 20.8 Å². The van der Waals surface area contributed by atoms with Gasteiger partial charge in [-0.2, -0.15) is 0 Å². The van der Waals surface area contributed by atoms with Gasteiger partial charge in [-0.05, 0) is 50.2 Å². The second-order valence-corrected chi connectivity index (χ2v) is 9.54. The lowest BCUT2D eigenvalue weighted by molar-refractivity contribution is -0.139. The Kier molecular flexibility index (Phi) is 7.35. The van der Waals surface area contributed by atoms with Gasteiger partial charge in [0.15, 0.2) is 0 Å². The highest BCUT2D eigenvalue weighted by Gasteiger charge is 2.40. The van der Waals surface area contributed by atoms with E-state index in [0.29, 0.717) is 24.1 Å².